The minimum absolute atomic E-state index is 0.0328. The van der Waals surface area contributed by atoms with E-state index in [4.69, 9.17) is 14.5 Å². The molecule has 17 heavy (non-hydrogen) atoms. The van der Waals surface area contributed by atoms with Crippen molar-refractivity contribution in [1.29, 1.82) is 0 Å². The Balaban J connectivity index is 2.48. The van der Waals surface area contributed by atoms with Crippen molar-refractivity contribution < 1.29 is 19.0 Å². The van der Waals surface area contributed by atoms with Crippen LogP contribution in [0.5, 0.6) is 11.8 Å². The maximum absolute atomic E-state index is 8.90. The Morgan fingerprint density at radius 3 is 2.35 bits per heavy atom. The van der Waals surface area contributed by atoms with E-state index in [-0.39, 0.29) is 5.88 Å². The highest BCUT2D eigenvalue weighted by molar-refractivity contribution is 8.06. The number of nitrogens with zero attached hydrogens (tertiary/aromatic N) is 2. The molecule has 0 bridgehead atoms. The van der Waals surface area contributed by atoms with Crippen LogP contribution in [0.3, 0.4) is 0 Å². The molecule has 0 saturated carbocycles. The summed E-state index contributed by atoms with van der Waals surface area (Å²) in [6.45, 7) is 1.01. The van der Waals surface area contributed by atoms with E-state index in [1.54, 1.807) is 0 Å². The average molecular weight is 278 g/mol. The van der Waals surface area contributed by atoms with E-state index in [0.717, 1.165) is 6.42 Å². The number of ether oxygens (including phenoxy) is 1. The maximum Gasteiger partial charge on any atom is 0.376 e. The monoisotopic (exact) mass is 278 g/mol. The normalized spacial score (nSPS) is 11.6. The first-order valence-electron chi connectivity index (χ1n) is 5.08. The van der Waals surface area contributed by atoms with Gasteiger partial charge in [0.05, 0.1) is 6.61 Å². The van der Waals surface area contributed by atoms with Gasteiger partial charge < -0.3 is 19.0 Å². The summed E-state index contributed by atoms with van der Waals surface area (Å²) in [7, 11) is 0. The minimum atomic E-state index is -3.75. The van der Waals surface area contributed by atoms with Crippen LogP contribution in [0, 0.1) is 5.92 Å². The third-order valence-electron chi connectivity index (χ3n) is 1.77. The Labute approximate surface area is 105 Å². The second kappa shape index (κ2) is 6.26. The van der Waals surface area contributed by atoms with Crippen molar-refractivity contribution in [2.75, 3.05) is 6.61 Å². The van der Waals surface area contributed by atoms with E-state index in [9.17, 15) is 0 Å². The molecule has 0 aliphatic rings. The molecule has 0 atom stereocenters. The highest BCUT2D eigenvalue weighted by Crippen LogP contribution is 2.36. The van der Waals surface area contributed by atoms with Crippen molar-refractivity contribution in [2.24, 2.45) is 5.92 Å². The zero-order valence-corrected chi connectivity index (χ0v) is 11.3. The van der Waals surface area contributed by atoms with Crippen LogP contribution in [-0.2, 0) is 11.8 Å². The van der Waals surface area contributed by atoms with Crippen molar-refractivity contribution in [2.45, 2.75) is 20.3 Å². The molecule has 1 rings (SSSR count). The molecule has 0 saturated heterocycles. The third kappa shape index (κ3) is 6.53. The molecule has 0 aromatic carbocycles. The summed E-state index contributed by atoms with van der Waals surface area (Å²) in [5.41, 5.74) is 0. The largest absolute Gasteiger partial charge is 0.477 e. The fourth-order valence-electron chi connectivity index (χ4n) is 0.955. The van der Waals surface area contributed by atoms with E-state index in [0.29, 0.717) is 18.4 Å². The predicted molar refractivity (Wildman–Crippen MR) is 66.3 cm³/mol. The van der Waals surface area contributed by atoms with Crippen LogP contribution in [0.1, 0.15) is 20.3 Å². The predicted octanol–water partition coefficient (Wildman–Crippen LogP) is 1.49. The van der Waals surface area contributed by atoms with Gasteiger partial charge in [-0.2, -0.15) is 0 Å². The summed E-state index contributed by atoms with van der Waals surface area (Å²) in [6.07, 6.45) is 0.925. The molecule has 2 N–H and O–H groups in total. The van der Waals surface area contributed by atoms with Crippen LogP contribution in [0.2, 0.25) is 0 Å². The van der Waals surface area contributed by atoms with Gasteiger partial charge in [-0.3, -0.25) is 0 Å². The van der Waals surface area contributed by atoms with Crippen LogP contribution in [-0.4, -0.2) is 26.6 Å². The van der Waals surface area contributed by atoms with Gasteiger partial charge in [0, 0.05) is 23.9 Å². The van der Waals surface area contributed by atoms with Gasteiger partial charge in [0.15, 0.2) is 0 Å². The molecule has 0 spiro atoms. The SMILES string of the molecule is CC(C)CCOc1ccc(OP(O)(O)=S)nn1. The highest BCUT2D eigenvalue weighted by Gasteiger charge is 2.11. The van der Waals surface area contributed by atoms with Crippen molar-refractivity contribution in [3.63, 3.8) is 0 Å². The second-order valence-corrected chi connectivity index (χ2v) is 6.41. The Morgan fingerprint density at radius 1 is 1.29 bits per heavy atom. The fourth-order valence-corrected chi connectivity index (χ4v) is 1.52. The third-order valence-corrected chi connectivity index (χ3v) is 2.42. The van der Waals surface area contributed by atoms with Crippen LogP contribution in [0.4, 0.5) is 0 Å². The van der Waals surface area contributed by atoms with Crippen LogP contribution < -0.4 is 9.26 Å². The van der Waals surface area contributed by atoms with Gasteiger partial charge in [-0.25, -0.2) is 0 Å². The summed E-state index contributed by atoms with van der Waals surface area (Å²) >= 11 is 4.30. The van der Waals surface area contributed by atoms with Crippen LogP contribution >= 0.6 is 6.72 Å². The van der Waals surface area contributed by atoms with E-state index in [1.807, 2.05) is 0 Å². The lowest BCUT2D eigenvalue weighted by molar-refractivity contribution is 0.274. The number of rotatable bonds is 6. The molecule has 1 heterocycles. The van der Waals surface area contributed by atoms with Crippen molar-refractivity contribution in [1.82, 2.24) is 10.2 Å². The van der Waals surface area contributed by atoms with Gasteiger partial charge in [0.2, 0.25) is 11.8 Å². The topological polar surface area (TPSA) is 84.7 Å². The molecule has 1 aromatic rings. The number of hydrogen-bond donors (Lipinski definition) is 2. The Morgan fingerprint density at radius 2 is 1.88 bits per heavy atom. The van der Waals surface area contributed by atoms with E-state index >= 15 is 0 Å². The minimum Gasteiger partial charge on any atom is -0.477 e. The van der Waals surface area contributed by atoms with Gasteiger partial charge in [-0.15, -0.1) is 10.2 Å². The standard InChI is InChI=1S/C9H15N2O4PS/c1-7(2)5-6-14-8-3-4-9(11-10-8)15-16(12,13)17/h3-4,7H,5-6H2,1-2H3,(H2,12,13,17). The van der Waals surface area contributed by atoms with Gasteiger partial charge in [0.25, 0.3) is 0 Å². The van der Waals surface area contributed by atoms with Crippen molar-refractivity contribution >= 4 is 18.5 Å². The molecule has 0 amide bonds. The summed E-state index contributed by atoms with van der Waals surface area (Å²) < 4.78 is 9.94. The van der Waals surface area contributed by atoms with E-state index in [2.05, 4.69) is 40.4 Å². The molecular weight excluding hydrogens is 263 g/mol. The first-order valence-corrected chi connectivity index (χ1v) is 7.71. The van der Waals surface area contributed by atoms with E-state index in [1.165, 1.54) is 12.1 Å². The molecular formula is C9H15N2O4PS. The Hall–Kier alpha value is -0.750. The lowest BCUT2D eigenvalue weighted by Crippen LogP contribution is -2.03. The number of aromatic nitrogens is 2. The molecule has 96 valence electrons. The summed E-state index contributed by atoms with van der Waals surface area (Å²) in [4.78, 5) is 17.8. The summed E-state index contributed by atoms with van der Waals surface area (Å²) in [5, 5.41) is 7.32. The molecule has 8 heteroatoms. The highest BCUT2D eigenvalue weighted by atomic mass is 32.5. The molecule has 0 aliphatic carbocycles. The Kier molecular flexibility index (Phi) is 5.27. The van der Waals surface area contributed by atoms with Gasteiger partial charge in [-0.1, -0.05) is 13.8 Å². The molecule has 0 aliphatic heterocycles. The average Bonchev–Trinajstić information content (AvgIpc) is 2.18. The number of hydrogen-bond acceptors (Lipinski definition) is 5. The molecule has 0 fully saturated rings. The quantitative estimate of drug-likeness (QED) is 0.762. The summed E-state index contributed by atoms with van der Waals surface area (Å²) in [6, 6.07) is 2.96. The maximum atomic E-state index is 8.90. The smallest absolute Gasteiger partial charge is 0.376 e. The second-order valence-electron chi connectivity index (χ2n) is 3.82. The first-order chi connectivity index (χ1) is 7.87. The lowest BCUT2D eigenvalue weighted by Gasteiger charge is -2.09. The lowest BCUT2D eigenvalue weighted by atomic mass is 10.1. The molecule has 6 nitrogen and oxygen atoms in total. The van der Waals surface area contributed by atoms with Crippen LogP contribution in [0.25, 0.3) is 0 Å². The molecule has 0 unspecified atom stereocenters. The summed E-state index contributed by atoms with van der Waals surface area (Å²) in [5.74, 6) is 0.886. The van der Waals surface area contributed by atoms with E-state index < -0.39 is 6.72 Å². The van der Waals surface area contributed by atoms with Crippen molar-refractivity contribution in [3.8, 4) is 11.8 Å². The van der Waals surface area contributed by atoms with Gasteiger partial charge in [0.1, 0.15) is 0 Å². The molecule has 0 radical (unpaired) electrons. The molecule has 1 aromatic heterocycles. The van der Waals surface area contributed by atoms with Crippen molar-refractivity contribution in [3.05, 3.63) is 12.1 Å². The first kappa shape index (κ1) is 14.3. The zero-order valence-electron chi connectivity index (χ0n) is 9.61. The fraction of sp³-hybridized carbons (Fsp3) is 0.556. The van der Waals surface area contributed by atoms with Gasteiger partial charge in [-0.05, 0) is 12.3 Å². The Bertz CT molecular complexity index is 392. The van der Waals surface area contributed by atoms with Gasteiger partial charge >= 0.3 is 6.72 Å². The van der Waals surface area contributed by atoms with Crippen LogP contribution in [0.15, 0.2) is 12.1 Å². The zero-order chi connectivity index (χ0) is 12.9.